The molecule has 2 unspecified atom stereocenters. The van der Waals surface area contributed by atoms with Gasteiger partial charge < -0.3 is 25.3 Å². The molecule has 202 valence electrons. The van der Waals surface area contributed by atoms with Crippen molar-refractivity contribution in [3.8, 4) is 0 Å². The van der Waals surface area contributed by atoms with Crippen molar-refractivity contribution in [1.82, 2.24) is 20.0 Å². The van der Waals surface area contributed by atoms with Crippen LogP contribution in [-0.4, -0.2) is 82.1 Å². The van der Waals surface area contributed by atoms with Gasteiger partial charge in [0.15, 0.2) is 0 Å². The van der Waals surface area contributed by atoms with Gasteiger partial charge in [0.05, 0.1) is 0 Å². The maximum absolute atomic E-state index is 13.9. The summed E-state index contributed by atoms with van der Waals surface area (Å²) in [6, 6.07) is 10.9. The van der Waals surface area contributed by atoms with E-state index in [9.17, 15) is 24.0 Å². The third-order valence-corrected chi connectivity index (χ3v) is 7.69. The molecule has 2 aliphatic rings. The van der Waals surface area contributed by atoms with Gasteiger partial charge >= 0.3 is 0 Å². The van der Waals surface area contributed by atoms with Gasteiger partial charge in [-0.05, 0) is 44.1 Å². The number of carbonyl (C=O) groups is 5. The number of carbonyl (C=O) groups excluding carboxylic acids is 5. The summed E-state index contributed by atoms with van der Waals surface area (Å²) in [7, 11) is 1.53. The predicted octanol–water partition coefficient (Wildman–Crippen LogP) is 2.09. The minimum Gasteiger partial charge on any atom is -0.343 e. The van der Waals surface area contributed by atoms with E-state index in [1.54, 1.807) is 11.8 Å². The van der Waals surface area contributed by atoms with Crippen LogP contribution in [0.2, 0.25) is 0 Å². The van der Waals surface area contributed by atoms with Gasteiger partial charge in [0.25, 0.3) is 0 Å². The third kappa shape index (κ3) is 5.34. The molecule has 2 aromatic rings. The van der Waals surface area contributed by atoms with E-state index < -0.39 is 36.1 Å². The second-order valence-corrected chi connectivity index (χ2v) is 10.1. The van der Waals surface area contributed by atoms with Crippen molar-refractivity contribution in [1.29, 1.82) is 0 Å². The van der Waals surface area contributed by atoms with Crippen LogP contribution in [0.5, 0.6) is 0 Å². The Hall–Kier alpha value is -3.95. The fourth-order valence-corrected chi connectivity index (χ4v) is 5.37. The number of hydrogen-bond donors (Lipinski definition) is 2. The normalized spacial score (nSPS) is 22.2. The molecule has 2 N–H and O–H groups in total. The zero-order valence-electron chi connectivity index (χ0n) is 22.3. The van der Waals surface area contributed by atoms with Gasteiger partial charge in [0, 0.05) is 38.5 Å². The fourth-order valence-electron chi connectivity index (χ4n) is 5.37. The first-order valence-corrected chi connectivity index (χ1v) is 13.0. The van der Waals surface area contributed by atoms with E-state index in [4.69, 9.17) is 0 Å². The molecule has 0 radical (unpaired) electrons. The minimum atomic E-state index is -0.868. The molecule has 5 amide bonds. The van der Waals surface area contributed by atoms with Crippen LogP contribution in [0.15, 0.2) is 42.5 Å². The summed E-state index contributed by atoms with van der Waals surface area (Å²) in [5.41, 5.74) is 0.644. The van der Waals surface area contributed by atoms with E-state index in [2.05, 4.69) is 10.6 Å². The number of nitrogens with one attached hydrogen (secondary N) is 2. The zero-order chi connectivity index (χ0) is 27.6. The highest BCUT2D eigenvalue weighted by Gasteiger charge is 2.47. The molecule has 38 heavy (non-hydrogen) atoms. The molecule has 0 bridgehead atoms. The molecule has 2 heterocycles. The second kappa shape index (κ2) is 11.2. The molecule has 2 aromatic carbocycles. The highest BCUT2D eigenvalue weighted by molar-refractivity contribution is 6.05. The Morgan fingerprint density at radius 1 is 1.00 bits per heavy atom. The van der Waals surface area contributed by atoms with Gasteiger partial charge in [-0.1, -0.05) is 36.4 Å². The highest BCUT2D eigenvalue weighted by Crippen LogP contribution is 2.32. The average Bonchev–Trinajstić information content (AvgIpc) is 3.32. The Kier molecular flexibility index (Phi) is 7.99. The molecule has 2 saturated heterocycles. The molecule has 0 spiro atoms. The lowest BCUT2D eigenvalue weighted by Crippen LogP contribution is -2.61. The Morgan fingerprint density at radius 2 is 1.71 bits per heavy atom. The van der Waals surface area contributed by atoms with Crippen molar-refractivity contribution in [2.75, 3.05) is 18.9 Å². The second-order valence-electron chi connectivity index (χ2n) is 10.1. The number of anilines is 1. The lowest BCUT2D eigenvalue weighted by molar-refractivity contribution is -0.152. The largest absolute Gasteiger partial charge is 0.343 e. The Labute approximate surface area is 222 Å². The first-order chi connectivity index (χ1) is 18.1. The topological polar surface area (TPSA) is 119 Å². The summed E-state index contributed by atoms with van der Waals surface area (Å²) in [4.78, 5) is 69.1. The van der Waals surface area contributed by atoms with Gasteiger partial charge in [0.1, 0.15) is 24.3 Å². The maximum Gasteiger partial charge on any atom is 0.247 e. The molecule has 2 fully saturated rings. The first-order valence-electron chi connectivity index (χ1n) is 13.0. The lowest BCUT2D eigenvalue weighted by atomic mass is 10.1. The SMILES string of the molecule is CC(=O)N(C)[C@@H](C)C(=O)NC1CCCN(C(C)=O)[C@H]2CCC(C(=O)Nc3cccc4ccccc34)N2C1=O. The summed E-state index contributed by atoms with van der Waals surface area (Å²) in [6.07, 6.45) is 1.11. The van der Waals surface area contributed by atoms with Crippen LogP contribution in [0.25, 0.3) is 10.8 Å². The number of benzene rings is 2. The summed E-state index contributed by atoms with van der Waals surface area (Å²) < 4.78 is 0. The summed E-state index contributed by atoms with van der Waals surface area (Å²) in [6.45, 7) is 4.85. The fraction of sp³-hybridized carbons (Fsp3) is 0.464. The number of likely N-dealkylation sites (N-methyl/N-ethyl adjacent to an activating group) is 1. The Bertz CT molecular complexity index is 1260. The monoisotopic (exact) mass is 521 g/mol. The molecule has 10 nitrogen and oxygen atoms in total. The van der Waals surface area contributed by atoms with Crippen LogP contribution in [0.1, 0.15) is 46.5 Å². The summed E-state index contributed by atoms with van der Waals surface area (Å²) >= 11 is 0. The molecule has 0 aliphatic carbocycles. The zero-order valence-corrected chi connectivity index (χ0v) is 22.3. The number of amides is 5. The number of hydrogen-bond acceptors (Lipinski definition) is 5. The van der Waals surface area contributed by atoms with Crippen molar-refractivity contribution < 1.29 is 24.0 Å². The molecule has 0 aromatic heterocycles. The maximum atomic E-state index is 13.9. The number of fused-ring (bicyclic) bond motifs is 2. The van der Waals surface area contributed by atoms with Gasteiger partial charge in [-0.3, -0.25) is 24.0 Å². The lowest BCUT2D eigenvalue weighted by Gasteiger charge is -2.41. The van der Waals surface area contributed by atoms with Crippen molar-refractivity contribution in [2.45, 2.75) is 70.7 Å². The quantitative estimate of drug-likeness (QED) is 0.625. The molecular formula is C28H35N5O5. The van der Waals surface area contributed by atoms with Crippen molar-refractivity contribution in [3.63, 3.8) is 0 Å². The minimum absolute atomic E-state index is 0.165. The van der Waals surface area contributed by atoms with E-state index in [1.807, 2.05) is 42.5 Å². The van der Waals surface area contributed by atoms with E-state index in [-0.39, 0.29) is 17.7 Å². The highest BCUT2D eigenvalue weighted by atomic mass is 16.2. The first kappa shape index (κ1) is 27.1. The number of nitrogens with zero attached hydrogens (tertiary/aromatic N) is 3. The van der Waals surface area contributed by atoms with E-state index in [1.165, 1.54) is 30.7 Å². The van der Waals surface area contributed by atoms with E-state index in [0.29, 0.717) is 37.9 Å². The van der Waals surface area contributed by atoms with Crippen LogP contribution in [0, 0.1) is 0 Å². The third-order valence-electron chi connectivity index (χ3n) is 7.69. The molecule has 2 aliphatic heterocycles. The summed E-state index contributed by atoms with van der Waals surface area (Å²) in [5, 5.41) is 7.66. The van der Waals surface area contributed by atoms with Crippen LogP contribution in [0.4, 0.5) is 5.69 Å². The van der Waals surface area contributed by atoms with Gasteiger partial charge in [-0.25, -0.2) is 0 Å². The van der Waals surface area contributed by atoms with Crippen molar-refractivity contribution in [3.05, 3.63) is 42.5 Å². The van der Waals surface area contributed by atoms with Crippen LogP contribution < -0.4 is 10.6 Å². The molecular weight excluding hydrogens is 486 g/mol. The van der Waals surface area contributed by atoms with Gasteiger partial charge in [-0.2, -0.15) is 0 Å². The van der Waals surface area contributed by atoms with Gasteiger partial charge in [0.2, 0.25) is 29.5 Å². The number of rotatable bonds is 5. The molecule has 0 saturated carbocycles. The molecule has 10 heteroatoms. The average molecular weight is 522 g/mol. The summed E-state index contributed by atoms with van der Waals surface area (Å²) in [5.74, 6) is -1.61. The van der Waals surface area contributed by atoms with Crippen LogP contribution in [-0.2, 0) is 24.0 Å². The van der Waals surface area contributed by atoms with Crippen LogP contribution >= 0.6 is 0 Å². The molecule has 4 rings (SSSR count). The van der Waals surface area contributed by atoms with E-state index in [0.717, 1.165) is 10.8 Å². The Morgan fingerprint density at radius 3 is 2.42 bits per heavy atom. The van der Waals surface area contributed by atoms with Crippen LogP contribution in [0.3, 0.4) is 0 Å². The van der Waals surface area contributed by atoms with Gasteiger partial charge in [-0.15, -0.1) is 0 Å². The Balaban J connectivity index is 1.60. The standard InChI is InChI=1S/C28H35N5O5/c1-17(31(4)18(2)34)26(36)30-23-13-8-16-32(19(3)35)25-15-14-24(33(25)28(23)38)27(37)29-22-12-7-10-20-9-5-6-11-21(20)22/h5-7,9-12,17,23-25H,8,13-16H2,1-4H3,(H,29,37)(H,30,36)/t17-,23?,24?,25+/m0/s1. The van der Waals surface area contributed by atoms with Crippen molar-refractivity contribution in [2.24, 2.45) is 0 Å². The predicted molar refractivity (Wildman–Crippen MR) is 143 cm³/mol. The van der Waals surface area contributed by atoms with E-state index >= 15 is 0 Å². The van der Waals surface area contributed by atoms with Crippen molar-refractivity contribution >= 4 is 46.0 Å². The molecule has 4 atom stereocenters. The smallest absolute Gasteiger partial charge is 0.247 e.